The molecular weight excluding hydrogens is 272 g/mol. The van der Waals surface area contributed by atoms with Gasteiger partial charge in [0.2, 0.25) is 5.76 Å². The highest BCUT2D eigenvalue weighted by atomic mass is 16.5. The maximum absolute atomic E-state index is 11.0. The van der Waals surface area contributed by atoms with Crippen molar-refractivity contribution in [2.45, 2.75) is 30.4 Å². The van der Waals surface area contributed by atoms with Gasteiger partial charge in [0.1, 0.15) is 18.3 Å². The summed E-state index contributed by atoms with van der Waals surface area (Å²) in [6.07, 6.45) is -3.34. The molecule has 10 nitrogen and oxygen atoms in total. The predicted molar refractivity (Wildman–Crippen MR) is 67.3 cm³/mol. The fourth-order valence-corrected chi connectivity index (χ4v) is 1.77. The van der Waals surface area contributed by atoms with Crippen LogP contribution in [0.1, 0.15) is 0 Å². The summed E-state index contributed by atoms with van der Waals surface area (Å²) in [7, 11) is 0. The van der Waals surface area contributed by atoms with Gasteiger partial charge in [-0.1, -0.05) is 0 Å². The summed E-state index contributed by atoms with van der Waals surface area (Å²) in [5.74, 6) is -2.22. The first kappa shape index (κ1) is 16.2. The number of guanidine groups is 1. The van der Waals surface area contributed by atoms with Gasteiger partial charge in [0.05, 0.1) is 18.7 Å². The number of hydrogen-bond acceptors (Lipinski definition) is 7. The molecule has 0 saturated carbocycles. The number of aliphatic carboxylic acids is 1. The Morgan fingerprint density at radius 2 is 2.05 bits per heavy atom. The third-order valence-electron chi connectivity index (χ3n) is 2.79. The number of carbonyl (C=O) groups is 1. The molecule has 1 aliphatic heterocycles. The van der Waals surface area contributed by atoms with Crippen molar-refractivity contribution < 1.29 is 30.0 Å². The average molecular weight is 290 g/mol. The van der Waals surface area contributed by atoms with E-state index in [2.05, 4.69) is 4.99 Å². The van der Waals surface area contributed by atoms with Crippen molar-refractivity contribution in [1.82, 2.24) is 0 Å². The molecule has 114 valence electrons. The minimum Gasteiger partial charge on any atom is -0.479 e. The SMILES string of the molecule is NC(N)=N[C@H]1C=C(C(=O)O)O[C@@H]([C@H](O)[C@H](O)CO)[C@@H]1N. The van der Waals surface area contributed by atoms with Crippen LogP contribution in [0.15, 0.2) is 16.8 Å². The van der Waals surface area contributed by atoms with Crippen molar-refractivity contribution in [3.05, 3.63) is 11.8 Å². The topological polar surface area (TPSA) is 198 Å². The molecule has 20 heavy (non-hydrogen) atoms. The maximum atomic E-state index is 11.0. The number of ether oxygens (including phenoxy) is 1. The van der Waals surface area contributed by atoms with Gasteiger partial charge in [0.25, 0.3) is 0 Å². The van der Waals surface area contributed by atoms with Gasteiger partial charge in [-0.05, 0) is 6.08 Å². The number of aliphatic hydroxyl groups excluding tert-OH is 3. The summed E-state index contributed by atoms with van der Waals surface area (Å²) in [4.78, 5) is 14.7. The monoisotopic (exact) mass is 290 g/mol. The lowest BCUT2D eigenvalue weighted by molar-refractivity contribution is -0.144. The molecule has 0 aromatic rings. The van der Waals surface area contributed by atoms with Gasteiger partial charge < -0.3 is 42.4 Å². The van der Waals surface area contributed by atoms with Crippen molar-refractivity contribution in [2.24, 2.45) is 22.2 Å². The second kappa shape index (κ2) is 6.52. The zero-order valence-electron chi connectivity index (χ0n) is 10.5. The predicted octanol–water partition coefficient (Wildman–Crippen LogP) is -3.96. The van der Waals surface area contributed by atoms with Gasteiger partial charge in [-0.25, -0.2) is 9.79 Å². The van der Waals surface area contributed by atoms with Gasteiger partial charge in [0.15, 0.2) is 5.96 Å². The maximum Gasteiger partial charge on any atom is 0.370 e. The van der Waals surface area contributed by atoms with Crippen LogP contribution in [0.4, 0.5) is 0 Å². The summed E-state index contributed by atoms with van der Waals surface area (Å²) >= 11 is 0. The lowest BCUT2D eigenvalue weighted by atomic mass is 9.93. The summed E-state index contributed by atoms with van der Waals surface area (Å²) in [5, 5.41) is 37.0. The summed E-state index contributed by atoms with van der Waals surface area (Å²) < 4.78 is 5.02. The molecule has 0 fully saturated rings. The number of hydrogen-bond donors (Lipinski definition) is 7. The average Bonchev–Trinajstić information content (AvgIpc) is 2.38. The number of nitrogens with two attached hydrogens (primary N) is 3. The molecule has 5 atom stereocenters. The summed E-state index contributed by atoms with van der Waals surface area (Å²) in [5.41, 5.74) is 16.2. The van der Waals surface area contributed by atoms with Crippen LogP contribution in [-0.2, 0) is 9.53 Å². The molecule has 0 bridgehead atoms. The molecule has 0 aliphatic carbocycles. The largest absolute Gasteiger partial charge is 0.479 e. The smallest absolute Gasteiger partial charge is 0.370 e. The molecule has 1 heterocycles. The van der Waals surface area contributed by atoms with E-state index in [1.807, 2.05) is 0 Å². The number of nitrogens with zero attached hydrogens (tertiary/aromatic N) is 1. The molecule has 0 saturated heterocycles. The zero-order chi connectivity index (χ0) is 15.4. The quantitative estimate of drug-likeness (QED) is 0.195. The lowest BCUT2D eigenvalue weighted by Crippen LogP contribution is -2.57. The fourth-order valence-electron chi connectivity index (χ4n) is 1.77. The zero-order valence-corrected chi connectivity index (χ0v) is 10.5. The van der Waals surface area contributed by atoms with E-state index < -0.39 is 48.7 Å². The van der Waals surface area contributed by atoms with Crippen molar-refractivity contribution in [2.75, 3.05) is 6.61 Å². The standard InChI is InChI=1S/C10H18N4O6/c11-6-3(14-10(12)13)1-5(9(18)19)20-8(6)7(17)4(16)2-15/h1,3-4,6-8,15-17H,2,11H2,(H,18,19)(H4,12,13,14)/t3-,4+,6+,7+,8+/m0/s1. The highest BCUT2D eigenvalue weighted by Gasteiger charge is 2.41. The first-order valence-corrected chi connectivity index (χ1v) is 5.71. The van der Waals surface area contributed by atoms with E-state index in [4.69, 9.17) is 32.2 Å². The van der Waals surface area contributed by atoms with Crippen LogP contribution in [0.25, 0.3) is 0 Å². The fraction of sp³-hybridized carbons (Fsp3) is 0.600. The van der Waals surface area contributed by atoms with Crippen LogP contribution in [-0.4, -0.2) is 69.4 Å². The van der Waals surface area contributed by atoms with Crippen LogP contribution in [0.2, 0.25) is 0 Å². The number of carboxylic acids is 1. The van der Waals surface area contributed by atoms with E-state index in [-0.39, 0.29) is 5.96 Å². The second-order valence-electron chi connectivity index (χ2n) is 4.28. The Kier molecular flexibility index (Phi) is 5.27. The van der Waals surface area contributed by atoms with Gasteiger partial charge >= 0.3 is 5.97 Å². The minimum absolute atomic E-state index is 0.315. The van der Waals surface area contributed by atoms with Crippen molar-refractivity contribution in [3.63, 3.8) is 0 Å². The molecule has 0 amide bonds. The lowest BCUT2D eigenvalue weighted by Gasteiger charge is -2.36. The van der Waals surface area contributed by atoms with E-state index in [9.17, 15) is 15.0 Å². The van der Waals surface area contributed by atoms with Crippen molar-refractivity contribution in [1.29, 1.82) is 0 Å². The highest BCUT2D eigenvalue weighted by Crippen LogP contribution is 2.23. The van der Waals surface area contributed by atoms with Crippen molar-refractivity contribution in [3.8, 4) is 0 Å². The Labute approximate surface area is 114 Å². The molecular formula is C10H18N4O6. The van der Waals surface area contributed by atoms with Crippen LogP contribution >= 0.6 is 0 Å². The van der Waals surface area contributed by atoms with Gasteiger partial charge in [-0.15, -0.1) is 0 Å². The molecule has 0 aromatic carbocycles. The minimum atomic E-state index is -1.60. The Balaban J connectivity index is 3.07. The molecule has 1 aliphatic rings. The molecule has 0 spiro atoms. The highest BCUT2D eigenvalue weighted by molar-refractivity contribution is 5.85. The molecule has 0 unspecified atom stereocenters. The first-order valence-electron chi connectivity index (χ1n) is 5.71. The second-order valence-corrected chi connectivity index (χ2v) is 4.28. The molecule has 10 heteroatoms. The van der Waals surface area contributed by atoms with E-state index in [0.717, 1.165) is 6.08 Å². The Hall–Kier alpha value is -1.88. The number of carboxylic acid groups (broad SMARTS) is 1. The van der Waals surface area contributed by atoms with E-state index in [1.54, 1.807) is 0 Å². The normalized spacial score (nSPS) is 28.8. The van der Waals surface area contributed by atoms with Gasteiger partial charge in [-0.2, -0.15) is 0 Å². The Morgan fingerprint density at radius 1 is 1.45 bits per heavy atom. The first-order chi connectivity index (χ1) is 9.27. The third kappa shape index (κ3) is 3.57. The summed E-state index contributed by atoms with van der Waals surface area (Å²) in [6.45, 7) is -0.743. The van der Waals surface area contributed by atoms with Crippen LogP contribution in [0.3, 0.4) is 0 Å². The number of aliphatic hydroxyl groups is 3. The van der Waals surface area contributed by atoms with E-state index >= 15 is 0 Å². The van der Waals surface area contributed by atoms with Crippen LogP contribution < -0.4 is 17.2 Å². The Bertz CT molecular complexity index is 422. The summed E-state index contributed by atoms with van der Waals surface area (Å²) in [6, 6.07) is -1.94. The van der Waals surface area contributed by atoms with Crippen LogP contribution in [0.5, 0.6) is 0 Å². The van der Waals surface area contributed by atoms with Crippen molar-refractivity contribution >= 4 is 11.9 Å². The van der Waals surface area contributed by atoms with Crippen LogP contribution in [0, 0.1) is 0 Å². The van der Waals surface area contributed by atoms with E-state index in [0.29, 0.717) is 0 Å². The van der Waals surface area contributed by atoms with E-state index in [1.165, 1.54) is 0 Å². The number of rotatable bonds is 5. The Morgan fingerprint density at radius 3 is 2.50 bits per heavy atom. The van der Waals surface area contributed by atoms with Gasteiger partial charge in [0, 0.05) is 0 Å². The van der Waals surface area contributed by atoms with Gasteiger partial charge in [-0.3, -0.25) is 0 Å². The molecule has 1 rings (SSSR count). The third-order valence-corrected chi connectivity index (χ3v) is 2.79. The molecule has 0 radical (unpaired) electrons. The number of aliphatic imine (C=N–C) groups is 1. The molecule has 0 aromatic heterocycles. The molecule has 10 N–H and O–H groups in total.